The standard InChI is InChI=1S/C24H27ClF6N6/c1-3-37(4-2)11-5-10-33-21-34-20(15-6-8-19(25)9-7-15)35-24(32,36-21)18-13-16(22(26,27)28)12-17(14-18)23(29,30)31/h6-9,12-14H,3-5,10-11,32H2,1-2H3,(H2,33,34,35,36). The van der Waals surface area contributed by atoms with Crippen LogP contribution in [0.1, 0.15) is 42.5 Å². The lowest BCUT2D eigenvalue weighted by molar-refractivity contribution is -0.143. The van der Waals surface area contributed by atoms with E-state index in [1.54, 1.807) is 24.3 Å². The number of benzene rings is 2. The number of guanidine groups is 1. The first-order chi connectivity index (χ1) is 17.2. The molecule has 0 aromatic heterocycles. The van der Waals surface area contributed by atoms with Crippen molar-refractivity contribution in [1.82, 2.24) is 15.5 Å². The van der Waals surface area contributed by atoms with Crippen molar-refractivity contribution in [3.05, 3.63) is 69.7 Å². The first-order valence-corrected chi connectivity index (χ1v) is 11.9. The molecule has 0 radical (unpaired) electrons. The molecule has 2 aromatic carbocycles. The molecule has 37 heavy (non-hydrogen) atoms. The number of nitrogens with two attached hydrogens (primary N) is 1. The fourth-order valence-corrected chi connectivity index (χ4v) is 3.84. The van der Waals surface area contributed by atoms with E-state index in [9.17, 15) is 26.3 Å². The Morgan fingerprint density at radius 2 is 1.54 bits per heavy atom. The third-order valence-electron chi connectivity index (χ3n) is 5.78. The first-order valence-electron chi connectivity index (χ1n) is 11.5. The van der Waals surface area contributed by atoms with Crippen LogP contribution in [0, 0.1) is 0 Å². The molecule has 1 aliphatic rings. The van der Waals surface area contributed by atoms with Gasteiger partial charge in [0.15, 0.2) is 5.96 Å². The molecular formula is C24H27ClF6N6. The molecule has 0 bridgehead atoms. The average molecular weight is 549 g/mol. The van der Waals surface area contributed by atoms with Crippen LogP contribution in [0.3, 0.4) is 0 Å². The summed E-state index contributed by atoms with van der Waals surface area (Å²) in [5.41, 5.74) is 3.29. The lowest BCUT2D eigenvalue weighted by Gasteiger charge is -2.35. The van der Waals surface area contributed by atoms with E-state index in [0.717, 1.165) is 19.6 Å². The van der Waals surface area contributed by atoms with E-state index in [1.807, 2.05) is 13.8 Å². The molecule has 6 nitrogen and oxygen atoms in total. The van der Waals surface area contributed by atoms with Gasteiger partial charge in [-0.25, -0.2) is 4.99 Å². The smallest absolute Gasteiger partial charge is 0.316 e. The lowest BCUT2D eigenvalue weighted by Crippen LogP contribution is -2.61. The minimum absolute atomic E-state index is 0.0416. The number of nitrogens with one attached hydrogen (secondary N) is 2. The summed E-state index contributed by atoms with van der Waals surface area (Å²) in [6.45, 7) is 6.87. The molecule has 0 spiro atoms. The van der Waals surface area contributed by atoms with E-state index in [0.29, 0.717) is 35.7 Å². The fraction of sp³-hybridized carbons (Fsp3) is 0.417. The number of alkyl halides is 6. The Labute approximate surface area is 215 Å². The van der Waals surface area contributed by atoms with E-state index in [-0.39, 0.29) is 17.9 Å². The van der Waals surface area contributed by atoms with Crippen LogP contribution in [0.25, 0.3) is 0 Å². The van der Waals surface area contributed by atoms with Gasteiger partial charge in [0.05, 0.1) is 11.1 Å². The molecule has 0 saturated heterocycles. The Bertz CT molecular complexity index is 1110. The predicted molar refractivity (Wildman–Crippen MR) is 131 cm³/mol. The van der Waals surface area contributed by atoms with Crippen LogP contribution in [-0.4, -0.2) is 42.9 Å². The minimum atomic E-state index is -5.04. The van der Waals surface area contributed by atoms with Crippen molar-refractivity contribution in [2.75, 3.05) is 26.2 Å². The number of rotatable bonds is 8. The van der Waals surface area contributed by atoms with Gasteiger partial charge in [-0.3, -0.25) is 10.7 Å². The molecule has 1 unspecified atom stereocenters. The molecule has 1 aliphatic heterocycles. The summed E-state index contributed by atoms with van der Waals surface area (Å²) in [5, 5.41) is 6.04. The van der Waals surface area contributed by atoms with Gasteiger partial charge in [0.2, 0.25) is 5.79 Å². The van der Waals surface area contributed by atoms with Crippen LogP contribution < -0.4 is 16.4 Å². The number of amidine groups is 1. The highest BCUT2D eigenvalue weighted by atomic mass is 35.5. The molecule has 1 atom stereocenters. The van der Waals surface area contributed by atoms with Crippen molar-refractivity contribution >= 4 is 23.4 Å². The van der Waals surface area contributed by atoms with E-state index >= 15 is 0 Å². The minimum Gasteiger partial charge on any atom is -0.316 e. The zero-order valence-corrected chi connectivity index (χ0v) is 20.9. The normalized spacial score (nSPS) is 19.5. The summed E-state index contributed by atoms with van der Waals surface area (Å²) in [7, 11) is 0. The molecule has 13 heteroatoms. The topological polar surface area (TPSA) is 78.0 Å². The highest BCUT2D eigenvalue weighted by Crippen LogP contribution is 2.38. The zero-order valence-electron chi connectivity index (χ0n) is 20.1. The van der Waals surface area contributed by atoms with E-state index in [2.05, 4.69) is 25.5 Å². The Hall–Kier alpha value is -2.83. The molecule has 4 N–H and O–H groups in total. The van der Waals surface area contributed by atoms with Gasteiger partial charge in [-0.1, -0.05) is 25.4 Å². The Morgan fingerprint density at radius 3 is 2.05 bits per heavy atom. The predicted octanol–water partition coefficient (Wildman–Crippen LogP) is 5.17. The van der Waals surface area contributed by atoms with Gasteiger partial charge in [-0.05, 0) is 68.5 Å². The summed E-state index contributed by atoms with van der Waals surface area (Å²) < 4.78 is 81.0. The molecule has 0 saturated carbocycles. The molecule has 0 fully saturated rings. The van der Waals surface area contributed by atoms with Gasteiger partial charge >= 0.3 is 12.4 Å². The van der Waals surface area contributed by atoms with Crippen LogP contribution in [0.5, 0.6) is 0 Å². The van der Waals surface area contributed by atoms with Crippen molar-refractivity contribution in [3.8, 4) is 0 Å². The van der Waals surface area contributed by atoms with Gasteiger partial charge in [0.1, 0.15) is 5.84 Å². The Kier molecular flexibility index (Phi) is 8.76. The molecule has 202 valence electrons. The van der Waals surface area contributed by atoms with Crippen molar-refractivity contribution in [2.24, 2.45) is 15.7 Å². The van der Waals surface area contributed by atoms with Crippen LogP contribution >= 0.6 is 11.6 Å². The number of nitrogens with zero attached hydrogens (tertiary/aromatic N) is 3. The monoisotopic (exact) mass is 548 g/mol. The third kappa shape index (κ3) is 7.36. The first kappa shape index (κ1) is 28.7. The molecule has 0 amide bonds. The number of hydrogen-bond donors (Lipinski definition) is 3. The van der Waals surface area contributed by atoms with Gasteiger partial charge in [0.25, 0.3) is 0 Å². The second-order valence-electron chi connectivity index (χ2n) is 8.39. The van der Waals surface area contributed by atoms with E-state index < -0.39 is 34.8 Å². The summed E-state index contributed by atoms with van der Waals surface area (Å²) in [6.07, 6.45) is -9.41. The summed E-state index contributed by atoms with van der Waals surface area (Å²) in [4.78, 5) is 10.9. The maximum Gasteiger partial charge on any atom is 0.416 e. The summed E-state index contributed by atoms with van der Waals surface area (Å²) in [5.74, 6) is -2.02. The second kappa shape index (κ2) is 11.3. The molecule has 3 rings (SSSR count). The van der Waals surface area contributed by atoms with Crippen molar-refractivity contribution in [1.29, 1.82) is 0 Å². The lowest BCUT2D eigenvalue weighted by atomic mass is 9.99. The van der Waals surface area contributed by atoms with Gasteiger partial charge < -0.3 is 15.5 Å². The number of aliphatic imine (C=N–C) groups is 2. The summed E-state index contributed by atoms with van der Waals surface area (Å²) in [6, 6.07) is 7.45. The molecule has 1 heterocycles. The van der Waals surface area contributed by atoms with Crippen LogP contribution in [0.15, 0.2) is 52.4 Å². The SMILES string of the molecule is CCN(CC)CCCN=C1NC(c2ccc(Cl)cc2)=NC(N)(c2cc(C(F)(F)F)cc(C(F)(F)F)c2)N1. The van der Waals surface area contributed by atoms with Crippen LogP contribution in [0.4, 0.5) is 26.3 Å². The molecule has 0 aliphatic carbocycles. The Balaban J connectivity index is 2.06. The Morgan fingerprint density at radius 1 is 0.973 bits per heavy atom. The number of halogens is 7. The second-order valence-corrected chi connectivity index (χ2v) is 8.83. The maximum atomic E-state index is 13.5. The third-order valence-corrected chi connectivity index (χ3v) is 6.03. The number of hydrogen-bond acceptors (Lipinski definition) is 4. The summed E-state index contributed by atoms with van der Waals surface area (Å²) >= 11 is 5.95. The van der Waals surface area contributed by atoms with Crippen LogP contribution in [-0.2, 0) is 18.1 Å². The van der Waals surface area contributed by atoms with Crippen molar-refractivity contribution in [3.63, 3.8) is 0 Å². The van der Waals surface area contributed by atoms with Crippen molar-refractivity contribution in [2.45, 2.75) is 38.4 Å². The fourth-order valence-electron chi connectivity index (χ4n) is 3.72. The average Bonchev–Trinajstić information content (AvgIpc) is 2.83. The highest BCUT2D eigenvalue weighted by molar-refractivity contribution is 6.30. The van der Waals surface area contributed by atoms with Gasteiger partial charge in [-0.15, -0.1) is 0 Å². The van der Waals surface area contributed by atoms with Crippen molar-refractivity contribution < 1.29 is 26.3 Å². The quantitative estimate of drug-likeness (QED) is 0.314. The highest BCUT2D eigenvalue weighted by Gasteiger charge is 2.41. The largest absolute Gasteiger partial charge is 0.416 e. The zero-order chi connectivity index (χ0) is 27.4. The van der Waals surface area contributed by atoms with Gasteiger partial charge in [-0.2, -0.15) is 26.3 Å². The molecular weight excluding hydrogens is 522 g/mol. The van der Waals surface area contributed by atoms with Crippen LogP contribution in [0.2, 0.25) is 5.02 Å². The van der Waals surface area contributed by atoms with Gasteiger partial charge in [0, 0.05) is 22.7 Å². The maximum absolute atomic E-state index is 13.5. The van der Waals surface area contributed by atoms with E-state index in [4.69, 9.17) is 17.3 Å². The molecule has 2 aromatic rings. The van der Waals surface area contributed by atoms with E-state index in [1.165, 1.54) is 0 Å².